The molecule has 2 aromatic rings. The molecule has 0 aliphatic rings. The minimum atomic E-state index is -3.55. The lowest BCUT2D eigenvalue weighted by atomic mass is 10.1. The number of sulfone groups is 1. The Morgan fingerprint density at radius 3 is 2.27 bits per heavy atom. The van der Waals surface area contributed by atoms with Gasteiger partial charge in [-0.05, 0) is 30.2 Å². The number of carboxylic acid groups (broad SMARTS) is 1. The summed E-state index contributed by atoms with van der Waals surface area (Å²) in [4.78, 5) is 11.1. The first-order valence-corrected chi connectivity index (χ1v) is 8.33. The van der Waals surface area contributed by atoms with Crippen LogP contribution in [0.1, 0.15) is 18.1 Å². The highest BCUT2D eigenvalue weighted by molar-refractivity contribution is 7.90. The summed E-state index contributed by atoms with van der Waals surface area (Å²) in [6, 6.07) is 15.3. The summed E-state index contributed by atoms with van der Waals surface area (Å²) in [5.74, 6) is -1.19. The van der Waals surface area contributed by atoms with Crippen LogP contribution in [0.2, 0.25) is 0 Å². The third-order valence-electron chi connectivity index (χ3n) is 3.16. The Hall–Kier alpha value is -2.40. The van der Waals surface area contributed by atoms with Gasteiger partial charge in [-0.25, -0.2) is 13.2 Å². The summed E-state index contributed by atoms with van der Waals surface area (Å²) in [6.45, 7) is 1.43. The van der Waals surface area contributed by atoms with Crippen LogP contribution in [0.15, 0.2) is 65.1 Å². The molecule has 0 heterocycles. The zero-order valence-electron chi connectivity index (χ0n) is 12.1. The van der Waals surface area contributed by atoms with Gasteiger partial charge in [0.25, 0.3) is 0 Å². The molecule has 5 heteroatoms. The summed E-state index contributed by atoms with van der Waals surface area (Å²) in [5.41, 5.74) is 1.16. The van der Waals surface area contributed by atoms with E-state index in [4.69, 9.17) is 5.11 Å². The zero-order valence-corrected chi connectivity index (χ0v) is 12.9. The van der Waals surface area contributed by atoms with Crippen LogP contribution in [-0.2, 0) is 20.4 Å². The molecular weight excluding hydrogens is 300 g/mol. The number of rotatable bonds is 5. The van der Waals surface area contributed by atoms with Crippen LogP contribution in [0.3, 0.4) is 0 Å². The molecule has 0 radical (unpaired) electrons. The molecular formula is C17H16O4S. The molecule has 0 amide bonds. The van der Waals surface area contributed by atoms with Crippen LogP contribution in [0.5, 0.6) is 0 Å². The van der Waals surface area contributed by atoms with Gasteiger partial charge >= 0.3 is 5.97 Å². The Morgan fingerprint density at radius 2 is 1.64 bits per heavy atom. The van der Waals surface area contributed by atoms with Gasteiger partial charge in [-0.1, -0.05) is 48.5 Å². The molecule has 0 saturated carbocycles. The SMILES string of the molecule is CC(=Cc1ccccc1S(=O)(=O)Cc1ccccc1)C(=O)O. The fraction of sp³-hybridized carbons (Fsp3) is 0.118. The van der Waals surface area contributed by atoms with Crippen LogP contribution < -0.4 is 0 Å². The van der Waals surface area contributed by atoms with Crippen molar-refractivity contribution in [1.82, 2.24) is 0 Å². The van der Waals surface area contributed by atoms with E-state index in [1.165, 1.54) is 19.1 Å². The van der Waals surface area contributed by atoms with Crippen molar-refractivity contribution in [2.75, 3.05) is 0 Å². The second-order valence-corrected chi connectivity index (χ2v) is 6.87. The van der Waals surface area contributed by atoms with Crippen molar-refractivity contribution < 1.29 is 18.3 Å². The van der Waals surface area contributed by atoms with Crippen LogP contribution in [0, 0.1) is 0 Å². The number of hydrogen-bond acceptors (Lipinski definition) is 3. The first-order chi connectivity index (χ1) is 10.4. The van der Waals surface area contributed by atoms with Crippen LogP contribution in [-0.4, -0.2) is 19.5 Å². The van der Waals surface area contributed by atoms with Crippen molar-refractivity contribution >= 4 is 21.9 Å². The van der Waals surface area contributed by atoms with Crippen molar-refractivity contribution in [1.29, 1.82) is 0 Å². The fourth-order valence-electron chi connectivity index (χ4n) is 2.05. The van der Waals surface area contributed by atoms with Crippen molar-refractivity contribution in [2.45, 2.75) is 17.6 Å². The first-order valence-electron chi connectivity index (χ1n) is 6.67. The number of hydrogen-bond donors (Lipinski definition) is 1. The third kappa shape index (κ3) is 3.83. The average molecular weight is 316 g/mol. The molecule has 2 rings (SSSR count). The van der Waals surface area contributed by atoms with E-state index in [-0.39, 0.29) is 16.2 Å². The van der Waals surface area contributed by atoms with Gasteiger partial charge in [-0.15, -0.1) is 0 Å². The predicted molar refractivity (Wildman–Crippen MR) is 85.1 cm³/mol. The van der Waals surface area contributed by atoms with Crippen molar-refractivity contribution in [3.05, 3.63) is 71.3 Å². The molecule has 0 saturated heterocycles. The van der Waals surface area contributed by atoms with Gasteiger partial charge in [-0.3, -0.25) is 0 Å². The minimum absolute atomic E-state index is 0.0855. The van der Waals surface area contributed by atoms with E-state index < -0.39 is 15.8 Å². The fourth-order valence-corrected chi connectivity index (χ4v) is 3.61. The normalized spacial score (nSPS) is 12.1. The Balaban J connectivity index is 2.44. The van der Waals surface area contributed by atoms with Crippen LogP contribution in [0.25, 0.3) is 6.08 Å². The predicted octanol–water partition coefficient (Wildman–Crippen LogP) is 3.15. The molecule has 0 aliphatic heterocycles. The number of carbonyl (C=O) groups is 1. The minimum Gasteiger partial charge on any atom is -0.478 e. The summed E-state index contributed by atoms with van der Waals surface area (Å²) in [6.07, 6.45) is 1.38. The molecule has 0 bridgehead atoms. The lowest BCUT2D eigenvalue weighted by Gasteiger charge is -2.08. The summed E-state index contributed by atoms with van der Waals surface area (Å²) >= 11 is 0. The highest BCUT2D eigenvalue weighted by atomic mass is 32.2. The summed E-state index contributed by atoms with van der Waals surface area (Å²) in [7, 11) is -3.55. The Kier molecular flexibility index (Phi) is 4.78. The average Bonchev–Trinajstić information content (AvgIpc) is 2.48. The van der Waals surface area contributed by atoms with E-state index in [9.17, 15) is 13.2 Å². The van der Waals surface area contributed by atoms with Crippen molar-refractivity contribution in [3.8, 4) is 0 Å². The third-order valence-corrected chi connectivity index (χ3v) is 4.92. The quantitative estimate of drug-likeness (QED) is 0.860. The van der Waals surface area contributed by atoms with Gasteiger partial charge in [0.05, 0.1) is 10.6 Å². The van der Waals surface area contributed by atoms with Gasteiger partial charge in [-0.2, -0.15) is 0 Å². The molecule has 0 aromatic heterocycles. The Labute approximate surface area is 129 Å². The van der Waals surface area contributed by atoms with Gasteiger partial charge in [0.15, 0.2) is 9.84 Å². The standard InChI is InChI=1S/C17H16O4S/c1-13(17(18)19)11-15-9-5-6-10-16(15)22(20,21)12-14-7-3-2-4-8-14/h2-11H,12H2,1H3,(H,18,19). The molecule has 0 spiro atoms. The molecule has 0 fully saturated rings. The van der Waals surface area contributed by atoms with E-state index in [0.29, 0.717) is 11.1 Å². The van der Waals surface area contributed by atoms with E-state index in [1.807, 2.05) is 6.07 Å². The lowest BCUT2D eigenvalue weighted by molar-refractivity contribution is -0.132. The monoisotopic (exact) mass is 316 g/mol. The van der Waals surface area contributed by atoms with Gasteiger partial charge in [0.2, 0.25) is 0 Å². The van der Waals surface area contributed by atoms with Gasteiger partial charge in [0.1, 0.15) is 0 Å². The Bertz CT molecular complexity index is 806. The van der Waals surface area contributed by atoms with Gasteiger partial charge < -0.3 is 5.11 Å². The van der Waals surface area contributed by atoms with E-state index in [1.54, 1.807) is 42.5 Å². The first kappa shape index (κ1) is 16.0. The molecule has 2 aromatic carbocycles. The highest BCUT2D eigenvalue weighted by Gasteiger charge is 2.18. The number of benzene rings is 2. The van der Waals surface area contributed by atoms with Crippen molar-refractivity contribution in [2.24, 2.45) is 0 Å². The number of aliphatic carboxylic acids is 1. The molecule has 114 valence electrons. The highest BCUT2D eigenvalue weighted by Crippen LogP contribution is 2.22. The van der Waals surface area contributed by atoms with Gasteiger partial charge in [0, 0.05) is 5.57 Å². The largest absolute Gasteiger partial charge is 0.478 e. The molecule has 0 unspecified atom stereocenters. The Morgan fingerprint density at radius 1 is 1.05 bits per heavy atom. The smallest absolute Gasteiger partial charge is 0.331 e. The molecule has 4 nitrogen and oxygen atoms in total. The van der Waals surface area contributed by atoms with E-state index in [0.717, 1.165) is 0 Å². The topological polar surface area (TPSA) is 71.4 Å². The maximum Gasteiger partial charge on any atom is 0.331 e. The zero-order chi connectivity index (χ0) is 16.2. The number of carboxylic acids is 1. The van der Waals surface area contributed by atoms with Crippen molar-refractivity contribution in [3.63, 3.8) is 0 Å². The lowest BCUT2D eigenvalue weighted by Crippen LogP contribution is -2.07. The summed E-state index contributed by atoms with van der Waals surface area (Å²) < 4.78 is 25.2. The molecule has 22 heavy (non-hydrogen) atoms. The molecule has 0 aliphatic carbocycles. The van der Waals surface area contributed by atoms with Crippen LogP contribution >= 0.6 is 0 Å². The second-order valence-electron chi connectivity index (χ2n) is 4.92. The molecule has 1 N–H and O–H groups in total. The molecule has 0 atom stereocenters. The summed E-state index contributed by atoms with van der Waals surface area (Å²) in [5, 5.41) is 8.95. The maximum atomic E-state index is 12.6. The second kappa shape index (κ2) is 6.58. The maximum absolute atomic E-state index is 12.6. The van der Waals surface area contributed by atoms with E-state index in [2.05, 4.69) is 0 Å². The van der Waals surface area contributed by atoms with E-state index >= 15 is 0 Å². The van der Waals surface area contributed by atoms with Crippen LogP contribution in [0.4, 0.5) is 0 Å².